The number of nitrogens with zero attached hydrogens (tertiary/aromatic N) is 1. The van der Waals surface area contributed by atoms with E-state index >= 15 is 0 Å². The van der Waals surface area contributed by atoms with Gasteiger partial charge in [-0.15, -0.1) is 6.58 Å². The van der Waals surface area contributed by atoms with Crippen LogP contribution in [-0.2, 0) is 14.1 Å². The SMILES string of the molecule is C=CCNOC[C@H]1O[C@@H](n2ccc(=O)[nH]c2=O)C[C@@H]1OP(N)O. The number of hydroxylamine groups is 1. The summed E-state index contributed by atoms with van der Waals surface area (Å²) < 4.78 is 12.2. The molecule has 1 aromatic rings. The third kappa shape index (κ3) is 5.05. The largest absolute Gasteiger partial charge is 0.349 e. The molecule has 5 N–H and O–H groups in total. The van der Waals surface area contributed by atoms with E-state index in [1.165, 1.54) is 16.8 Å². The first-order chi connectivity index (χ1) is 11.0. The lowest BCUT2D eigenvalue weighted by atomic mass is 10.2. The molecule has 0 radical (unpaired) electrons. The fourth-order valence-corrected chi connectivity index (χ4v) is 2.68. The molecule has 0 aromatic carbocycles. The zero-order valence-electron chi connectivity index (χ0n) is 12.3. The smallest absolute Gasteiger partial charge is 0.330 e. The van der Waals surface area contributed by atoms with Crippen molar-refractivity contribution in [1.29, 1.82) is 0 Å². The van der Waals surface area contributed by atoms with Crippen molar-refractivity contribution in [2.24, 2.45) is 5.50 Å². The van der Waals surface area contributed by atoms with Crippen molar-refractivity contribution in [2.75, 3.05) is 13.2 Å². The lowest BCUT2D eigenvalue weighted by Gasteiger charge is -2.19. The molecule has 1 fully saturated rings. The second kappa shape index (κ2) is 8.46. The number of aromatic amines is 1. The number of ether oxygens (including phenoxy) is 1. The van der Waals surface area contributed by atoms with E-state index in [0.717, 1.165) is 0 Å². The van der Waals surface area contributed by atoms with Crippen LogP contribution in [0.25, 0.3) is 0 Å². The first-order valence-electron chi connectivity index (χ1n) is 6.84. The molecule has 2 rings (SSSR count). The molecule has 1 aliphatic rings. The van der Waals surface area contributed by atoms with Crippen LogP contribution in [0.5, 0.6) is 0 Å². The Morgan fingerprint density at radius 2 is 2.43 bits per heavy atom. The molecule has 0 bridgehead atoms. The zero-order chi connectivity index (χ0) is 16.8. The Morgan fingerprint density at radius 3 is 3.09 bits per heavy atom. The van der Waals surface area contributed by atoms with E-state index in [9.17, 15) is 14.5 Å². The maximum atomic E-state index is 11.8. The minimum Gasteiger partial charge on any atom is -0.349 e. The normalized spacial score (nSPS) is 25.4. The molecule has 0 amide bonds. The van der Waals surface area contributed by atoms with Gasteiger partial charge in [0.15, 0.2) is 0 Å². The van der Waals surface area contributed by atoms with Gasteiger partial charge in [0.2, 0.25) is 8.53 Å². The molecule has 0 spiro atoms. The Kier molecular flexibility index (Phi) is 6.60. The lowest BCUT2D eigenvalue weighted by molar-refractivity contribution is -0.0807. The van der Waals surface area contributed by atoms with Crippen LogP contribution in [0.2, 0.25) is 0 Å². The Labute approximate surface area is 132 Å². The quantitative estimate of drug-likeness (QED) is 0.205. The number of rotatable bonds is 8. The van der Waals surface area contributed by atoms with Crippen LogP contribution in [0.3, 0.4) is 0 Å². The average Bonchev–Trinajstić information content (AvgIpc) is 2.85. The molecule has 11 heteroatoms. The van der Waals surface area contributed by atoms with E-state index in [1.807, 2.05) is 0 Å². The molecule has 128 valence electrons. The highest BCUT2D eigenvalue weighted by Crippen LogP contribution is 2.36. The molecule has 1 unspecified atom stereocenters. The van der Waals surface area contributed by atoms with Gasteiger partial charge in [-0.05, 0) is 0 Å². The van der Waals surface area contributed by atoms with E-state index in [1.54, 1.807) is 6.08 Å². The van der Waals surface area contributed by atoms with Crippen LogP contribution in [0.4, 0.5) is 0 Å². The maximum Gasteiger partial charge on any atom is 0.330 e. The topological polar surface area (TPSA) is 141 Å². The third-order valence-corrected chi connectivity index (χ3v) is 3.65. The summed E-state index contributed by atoms with van der Waals surface area (Å²) in [6.07, 6.45) is 1.48. The highest BCUT2D eigenvalue weighted by atomic mass is 31.2. The van der Waals surface area contributed by atoms with E-state index in [2.05, 4.69) is 17.0 Å². The van der Waals surface area contributed by atoms with Crippen molar-refractivity contribution in [2.45, 2.75) is 24.9 Å². The Bertz CT molecular complexity index is 632. The van der Waals surface area contributed by atoms with Gasteiger partial charge in [0.05, 0.1) is 12.7 Å². The summed E-state index contributed by atoms with van der Waals surface area (Å²) in [5.41, 5.74) is 6.87. The number of hydrogen-bond donors (Lipinski definition) is 4. The molecule has 4 atom stereocenters. The molecule has 1 saturated heterocycles. The standard InChI is InChI=1S/C12H19N4O6P/c1-2-4-14-20-7-9-8(22-23(13)19)6-11(21-9)16-5-3-10(17)15-12(16)18/h2-3,5,8-9,11,14,19H,1,4,6-7,13H2,(H,15,17,18)/t8-,9+,11+,23?/m0/s1. The van der Waals surface area contributed by atoms with Gasteiger partial charge in [0.1, 0.15) is 12.3 Å². The lowest BCUT2D eigenvalue weighted by Crippen LogP contribution is -2.32. The highest BCUT2D eigenvalue weighted by molar-refractivity contribution is 7.43. The van der Waals surface area contributed by atoms with Crippen LogP contribution in [-0.4, -0.2) is 39.8 Å². The first-order valence-corrected chi connectivity index (χ1v) is 8.12. The predicted molar refractivity (Wildman–Crippen MR) is 82.2 cm³/mol. The molecule has 1 aliphatic heterocycles. The van der Waals surface area contributed by atoms with Crippen molar-refractivity contribution in [3.8, 4) is 0 Å². The number of nitrogens with one attached hydrogen (secondary N) is 2. The number of H-pyrrole nitrogens is 1. The molecular formula is C12H19N4O6P. The summed E-state index contributed by atoms with van der Waals surface area (Å²) in [7, 11) is -2.08. The third-order valence-electron chi connectivity index (χ3n) is 3.16. The van der Waals surface area contributed by atoms with Gasteiger partial charge in [0.25, 0.3) is 5.56 Å². The summed E-state index contributed by atoms with van der Waals surface area (Å²) in [5.74, 6) is 0. The minimum absolute atomic E-state index is 0.121. The Morgan fingerprint density at radius 1 is 1.65 bits per heavy atom. The second-order valence-electron chi connectivity index (χ2n) is 4.78. The maximum absolute atomic E-state index is 11.8. The second-order valence-corrected chi connectivity index (χ2v) is 5.59. The summed E-state index contributed by atoms with van der Waals surface area (Å²) in [6, 6.07) is 1.22. The number of aromatic nitrogens is 2. The first kappa shape index (κ1) is 18.0. The van der Waals surface area contributed by atoms with Crippen LogP contribution in [0.15, 0.2) is 34.5 Å². The van der Waals surface area contributed by atoms with Crippen LogP contribution in [0.1, 0.15) is 12.6 Å². The average molecular weight is 346 g/mol. The highest BCUT2D eigenvalue weighted by Gasteiger charge is 2.38. The molecule has 0 aliphatic carbocycles. The van der Waals surface area contributed by atoms with Crippen molar-refractivity contribution in [3.63, 3.8) is 0 Å². The van der Waals surface area contributed by atoms with Crippen LogP contribution >= 0.6 is 8.53 Å². The molecule has 23 heavy (non-hydrogen) atoms. The predicted octanol–water partition coefficient (Wildman–Crippen LogP) is -0.906. The van der Waals surface area contributed by atoms with E-state index in [4.69, 9.17) is 19.6 Å². The minimum atomic E-state index is -2.08. The van der Waals surface area contributed by atoms with Gasteiger partial charge in [-0.25, -0.2) is 4.79 Å². The fourth-order valence-electron chi connectivity index (χ4n) is 2.18. The van der Waals surface area contributed by atoms with Crippen molar-refractivity contribution >= 4 is 8.53 Å². The monoisotopic (exact) mass is 346 g/mol. The van der Waals surface area contributed by atoms with Gasteiger partial charge in [-0.3, -0.25) is 24.7 Å². The van der Waals surface area contributed by atoms with E-state index in [0.29, 0.717) is 6.54 Å². The van der Waals surface area contributed by atoms with Crippen molar-refractivity contribution < 1.29 is 19.0 Å². The molecule has 1 aromatic heterocycles. The summed E-state index contributed by atoms with van der Waals surface area (Å²) >= 11 is 0. The summed E-state index contributed by atoms with van der Waals surface area (Å²) in [5, 5.41) is 0. The zero-order valence-corrected chi connectivity index (χ0v) is 13.1. The summed E-state index contributed by atoms with van der Waals surface area (Å²) in [6.45, 7) is 4.11. The van der Waals surface area contributed by atoms with Crippen molar-refractivity contribution in [1.82, 2.24) is 15.0 Å². The van der Waals surface area contributed by atoms with Crippen LogP contribution in [0, 0.1) is 0 Å². The van der Waals surface area contributed by atoms with E-state index < -0.39 is 38.2 Å². The van der Waals surface area contributed by atoms with Gasteiger partial charge >= 0.3 is 5.69 Å². The van der Waals surface area contributed by atoms with Gasteiger partial charge in [0, 0.05) is 25.2 Å². The van der Waals surface area contributed by atoms with Crippen LogP contribution < -0.4 is 22.2 Å². The Balaban J connectivity index is 2.07. The number of hydrogen-bond acceptors (Lipinski definition) is 8. The van der Waals surface area contributed by atoms with Gasteiger partial charge < -0.3 is 14.2 Å². The molecule has 2 heterocycles. The molecular weight excluding hydrogens is 327 g/mol. The van der Waals surface area contributed by atoms with Gasteiger partial charge in [-0.1, -0.05) is 6.08 Å². The fraction of sp³-hybridized carbons (Fsp3) is 0.500. The molecule has 0 saturated carbocycles. The molecule has 10 nitrogen and oxygen atoms in total. The van der Waals surface area contributed by atoms with Crippen molar-refractivity contribution in [3.05, 3.63) is 45.8 Å². The summed E-state index contributed by atoms with van der Waals surface area (Å²) in [4.78, 5) is 39.6. The van der Waals surface area contributed by atoms with Gasteiger partial charge in [-0.2, -0.15) is 5.48 Å². The Hall–Kier alpha value is -1.39. The van der Waals surface area contributed by atoms with E-state index in [-0.39, 0.29) is 13.0 Å². The number of nitrogens with two attached hydrogens (primary N) is 1.